The third-order valence-corrected chi connectivity index (χ3v) is 3.33. The van der Waals surface area contributed by atoms with Crippen LogP contribution in [0.15, 0.2) is 59.4 Å². The van der Waals surface area contributed by atoms with Crippen molar-refractivity contribution in [1.82, 2.24) is 10.2 Å². The Labute approximate surface area is 126 Å². The zero-order valence-electron chi connectivity index (χ0n) is 11.8. The van der Waals surface area contributed by atoms with Gasteiger partial charge >= 0.3 is 5.97 Å². The summed E-state index contributed by atoms with van der Waals surface area (Å²) in [5.41, 5.74) is 1.17. The second kappa shape index (κ2) is 6.22. The fourth-order valence-corrected chi connectivity index (χ4v) is 2.23. The molecule has 0 amide bonds. The van der Waals surface area contributed by atoms with E-state index in [9.17, 15) is 9.59 Å². The predicted octanol–water partition coefficient (Wildman–Crippen LogP) is 2.21. The number of esters is 1. The normalized spacial score (nSPS) is 10.5. The van der Waals surface area contributed by atoms with Crippen molar-refractivity contribution < 1.29 is 9.53 Å². The molecule has 110 valence electrons. The van der Waals surface area contributed by atoms with Gasteiger partial charge < -0.3 is 4.74 Å². The minimum absolute atomic E-state index is 0.0180. The van der Waals surface area contributed by atoms with E-state index in [4.69, 9.17) is 4.74 Å². The molecular weight excluding hydrogens is 280 g/mol. The Morgan fingerprint density at radius 2 is 1.68 bits per heavy atom. The molecule has 5 heteroatoms. The SMILES string of the molecule is O=C(Cc1n[nH]c(=O)c2ccccc12)OCc1ccccc1. The zero-order chi connectivity index (χ0) is 15.4. The lowest BCUT2D eigenvalue weighted by molar-refractivity contribution is -0.144. The molecule has 2 aromatic carbocycles. The summed E-state index contributed by atoms with van der Waals surface area (Å²) in [5, 5.41) is 7.56. The van der Waals surface area contributed by atoms with E-state index >= 15 is 0 Å². The lowest BCUT2D eigenvalue weighted by atomic mass is 10.1. The molecule has 5 nitrogen and oxygen atoms in total. The maximum absolute atomic E-state index is 12.0. The molecule has 1 heterocycles. The highest BCUT2D eigenvalue weighted by molar-refractivity contribution is 5.86. The van der Waals surface area contributed by atoms with Crippen molar-refractivity contribution in [3.05, 3.63) is 76.2 Å². The smallest absolute Gasteiger partial charge is 0.312 e. The van der Waals surface area contributed by atoms with E-state index in [1.165, 1.54) is 0 Å². The van der Waals surface area contributed by atoms with Crippen molar-refractivity contribution in [2.45, 2.75) is 13.0 Å². The van der Waals surface area contributed by atoms with E-state index in [1.54, 1.807) is 18.2 Å². The van der Waals surface area contributed by atoms with Gasteiger partial charge in [0.05, 0.1) is 17.5 Å². The second-order valence-corrected chi connectivity index (χ2v) is 4.87. The van der Waals surface area contributed by atoms with Crippen LogP contribution < -0.4 is 5.56 Å². The van der Waals surface area contributed by atoms with Crippen molar-refractivity contribution in [1.29, 1.82) is 0 Å². The van der Waals surface area contributed by atoms with Crippen molar-refractivity contribution >= 4 is 16.7 Å². The number of carbonyl (C=O) groups excluding carboxylic acids is 1. The summed E-state index contributed by atoms with van der Waals surface area (Å²) in [6.07, 6.45) is 0.0180. The number of nitrogens with one attached hydrogen (secondary N) is 1. The molecule has 0 spiro atoms. The third-order valence-electron chi connectivity index (χ3n) is 3.33. The Hall–Kier alpha value is -2.95. The van der Waals surface area contributed by atoms with Crippen molar-refractivity contribution in [3.8, 4) is 0 Å². The number of aromatic amines is 1. The van der Waals surface area contributed by atoms with Gasteiger partial charge in [0.25, 0.3) is 5.56 Å². The molecule has 0 aliphatic rings. The van der Waals surface area contributed by atoms with Gasteiger partial charge in [-0.15, -0.1) is 0 Å². The van der Waals surface area contributed by atoms with Crippen LogP contribution in [0.4, 0.5) is 0 Å². The molecule has 0 saturated carbocycles. The van der Waals surface area contributed by atoms with Crippen LogP contribution in [-0.2, 0) is 22.6 Å². The minimum atomic E-state index is -0.381. The molecule has 0 unspecified atom stereocenters. The molecule has 1 N–H and O–H groups in total. The number of hydrogen-bond acceptors (Lipinski definition) is 4. The first-order valence-corrected chi connectivity index (χ1v) is 6.90. The van der Waals surface area contributed by atoms with Gasteiger partial charge in [0.1, 0.15) is 6.61 Å². The van der Waals surface area contributed by atoms with E-state index in [1.807, 2.05) is 36.4 Å². The van der Waals surface area contributed by atoms with Gasteiger partial charge in [-0.05, 0) is 11.6 Å². The van der Waals surface area contributed by atoms with Gasteiger partial charge in [-0.1, -0.05) is 48.5 Å². The van der Waals surface area contributed by atoms with Crippen LogP contribution in [0.1, 0.15) is 11.3 Å². The van der Waals surface area contributed by atoms with Crippen molar-refractivity contribution in [2.24, 2.45) is 0 Å². The Morgan fingerprint density at radius 1 is 1.00 bits per heavy atom. The first-order chi connectivity index (χ1) is 10.7. The Bertz CT molecular complexity index is 856. The number of aromatic nitrogens is 2. The highest BCUT2D eigenvalue weighted by atomic mass is 16.5. The molecule has 0 aliphatic carbocycles. The molecule has 3 rings (SSSR count). The molecule has 0 fully saturated rings. The number of hydrogen-bond donors (Lipinski definition) is 1. The Balaban J connectivity index is 1.75. The topological polar surface area (TPSA) is 72.0 Å². The first-order valence-electron chi connectivity index (χ1n) is 6.90. The van der Waals surface area contributed by atoms with Crippen molar-refractivity contribution in [2.75, 3.05) is 0 Å². The summed E-state index contributed by atoms with van der Waals surface area (Å²) < 4.78 is 5.24. The third kappa shape index (κ3) is 3.03. The average molecular weight is 294 g/mol. The summed E-state index contributed by atoms with van der Waals surface area (Å²) in [6, 6.07) is 16.5. The van der Waals surface area contributed by atoms with Crippen LogP contribution in [0, 0.1) is 0 Å². The first kappa shape index (κ1) is 14.0. The minimum Gasteiger partial charge on any atom is -0.461 e. The molecule has 0 radical (unpaired) electrons. The number of ether oxygens (including phenoxy) is 1. The standard InChI is InChI=1S/C17H14N2O3/c20-16(22-11-12-6-2-1-3-7-12)10-15-13-8-4-5-9-14(13)17(21)19-18-15/h1-9H,10-11H2,(H,19,21). The second-order valence-electron chi connectivity index (χ2n) is 4.87. The van der Waals surface area contributed by atoms with Crippen LogP contribution >= 0.6 is 0 Å². The summed E-state index contributed by atoms with van der Waals surface area (Å²) in [7, 11) is 0. The molecule has 0 bridgehead atoms. The highest BCUT2D eigenvalue weighted by Gasteiger charge is 2.11. The van der Waals surface area contributed by atoms with E-state index in [0.717, 1.165) is 5.56 Å². The highest BCUT2D eigenvalue weighted by Crippen LogP contribution is 2.13. The molecule has 3 aromatic rings. The van der Waals surface area contributed by atoms with Gasteiger partial charge in [0, 0.05) is 5.39 Å². The van der Waals surface area contributed by atoms with Gasteiger partial charge in [0.2, 0.25) is 0 Å². The predicted molar refractivity (Wildman–Crippen MR) is 82.3 cm³/mol. The number of rotatable bonds is 4. The van der Waals surface area contributed by atoms with E-state index in [-0.39, 0.29) is 24.6 Å². The van der Waals surface area contributed by atoms with Crippen molar-refractivity contribution in [3.63, 3.8) is 0 Å². The summed E-state index contributed by atoms with van der Waals surface area (Å²) >= 11 is 0. The molecule has 0 atom stereocenters. The maximum atomic E-state index is 12.0. The van der Waals surface area contributed by atoms with Crippen LogP contribution in [-0.4, -0.2) is 16.2 Å². The Kier molecular flexibility index (Phi) is 3.96. The van der Waals surface area contributed by atoms with Crippen LogP contribution in [0.5, 0.6) is 0 Å². The summed E-state index contributed by atoms with van der Waals surface area (Å²) in [6.45, 7) is 0.223. The van der Waals surface area contributed by atoms with Gasteiger partial charge in [0.15, 0.2) is 0 Å². The van der Waals surface area contributed by atoms with Gasteiger partial charge in [-0.2, -0.15) is 5.10 Å². The number of fused-ring (bicyclic) bond motifs is 1. The van der Waals surface area contributed by atoms with Gasteiger partial charge in [-0.25, -0.2) is 5.10 Å². The number of carbonyl (C=O) groups is 1. The van der Waals surface area contributed by atoms with Crippen LogP contribution in [0.25, 0.3) is 10.8 Å². The average Bonchev–Trinajstić information content (AvgIpc) is 2.57. The fraction of sp³-hybridized carbons (Fsp3) is 0.118. The number of H-pyrrole nitrogens is 1. The van der Waals surface area contributed by atoms with E-state index < -0.39 is 0 Å². The van der Waals surface area contributed by atoms with Crippen LogP contribution in [0.3, 0.4) is 0 Å². The lowest BCUT2D eigenvalue weighted by Crippen LogP contribution is -2.15. The molecule has 0 aliphatic heterocycles. The van der Waals surface area contributed by atoms with E-state index in [0.29, 0.717) is 16.5 Å². The van der Waals surface area contributed by atoms with E-state index in [2.05, 4.69) is 10.2 Å². The summed E-state index contributed by atoms with van der Waals surface area (Å²) in [5.74, 6) is -0.381. The quantitative estimate of drug-likeness (QED) is 0.749. The molecule has 0 saturated heterocycles. The lowest BCUT2D eigenvalue weighted by Gasteiger charge is -2.06. The maximum Gasteiger partial charge on any atom is 0.312 e. The fourth-order valence-electron chi connectivity index (χ4n) is 2.23. The molecule has 1 aromatic heterocycles. The Morgan fingerprint density at radius 3 is 2.45 bits per heavy atom. The molecule has 22 heavy (non-hydrogen) atoms. The number of nitrogens with zero attached hydrogens (tertiary/aromatic N) is 1. The zero-order valence-corrected chi connectivity index (χ0v) is 11.8. The molecular formula is C17H14N2O3. The monoisotopic (exact) mass is 294 g/mol. The largest absolute Gasteiger partial charge is 0.461 e. The van der Waals surface area contributed by atoms with Crippen LogP contribution in [0.2, 0.25) is 0 Å². The van der Waals surface area contributed by atoms with Gasteiger partial charge in [-0.3, -0.25) is 9.59 Å². The summed E-state index contributed by atoms with van der Waals surface area (Å²) in [4.78, 5) is 23.7. The number of benzene rings is 2.